The maximum atomic E-state index is 4.53. The lowest BCUT2D eigenvalue weighted by Gasteiger charge is -2.39. The smallest absolute Gasteiger partial charge is 0.0951 e. The van der Waals surface area contributed by atoms with Gasteiger partial charge in [0.1, 0.15) is 0 Å². The largest absolute Gasteiger partial charge is 0.331 e. The van der Waals surface area contributed by atoms with Crippen LogP contribution >= 0.6 is 0 Å². The van der Waals surface area contributed by atoms with Gasteiger partial charge in [0.05, 0.1) is 6.33 Å². The van der Waals surface area contributed by atoms with Crippen LogP contribution in [0.2, 0.25) is 0 Å². The second kappa shape index (κ2) is 5.40. The summed E-state index contributed by atoms with van der Waals surface area (Å²) in [6, 6.07) is 1.51. The Bertz CT molecular complexity index is 489. The van der Waals surface area contributed by atoms with Crippen molar-refractivity contribution < 1.29 is 0 Å². The Morgan fingerprint density at radius 3 is 2.90 bits per heavy atom. The number of fused-ring (bicyclic) bond motifs is 1. The fourth-order valence-corrected chi connectivity index (χ4v) is 4.75. The van der Waals surface area contributed by atoms with E-state index in [9.17, 15) is 0 Å². The van der Waals surface area contributed by atoms with Gasteiger partial charge >= 0.3 is 0 Å². The summed E-state index contributed by atoms with van der Waals surface area (Å²) >= 11 is 0. The molecule has 2 atom stereocenters. The summed E-state index contributed by atoms with van der Waals surface area (Å²) in [4.78, 5) is 7.24. The lowest BCUT2D eigenvalue weighted by atomic mass is 9.78. The molecule has 0 spiro atoms. The van der Waals surface area contributed by atoms with Crippen molar-refractivity contribution in [2.75, 3.05) is 26.2 Å². The van der Waals surface area contributed by atoms with E-state index in [4.69, 9.17) is 0 Å². The van der Waals surface area contributed by atoms with Gasteiger partial charge < -0.3 is 14.8 Å². The van der Waals surface area contributed by atoms with Crippen LogP contribution in [-0.2, 0) is 5.41 Å². The van der Waals surface area contributed by atoms with E-state index in [2.05, 4.69) is 39.2 Å². The van der Waals surface area contributed by atoms with Crippen LogP contribution in [-0.4, -0.2) is 46.7 Å². The molecular weight excluding hydrogens is 260 g/mol. The van der Waals surface area contributed by atoms with E-state index in [-0.39, 0.29) is 0 Å². The molecule has 4 heteroatoms. The molecule has 1 N–H and O–H groups in total. The summed E-state index contributed by atoms with van der Waals surface area (Å²) < 4.78 is 2.54. The van der Waals surface area contributed by atoms with E-state index >= 15 is 0 Å². The van der Waals surface area contributed by atoms with Gasteiger partial charge in [-0.05, 0) is 58.2 Å². The standard InChI is InChI=1S/C17H28N4/c1-17(5-7-18-8-6-17)16-12-19-13-21(16)15-4-10-20-9-2-3-14(20)11-15/h12-15,18H,2-11H2,1H3. The van der Waals surface area contributed by atoms with Crippen LogP contribution in [0.5, 0.6) is 0 Å². The van der Waals surface area contributed by atoms with E-state index in [1.165, 1.54) is 57.3 Å². The van der Waals surface area contributed by atoms with Crippen LogP contribution in [0.1, 0.15) is 57.2 Å². The average Bonchev–Trinajstić information content (AvgIpc) is 3.16. The van der Waals surface area contributed by atoms with Crippen molar-refractivity contribution in [3.8, 4) is 0 Å². The third kappa shape index (κ3) is 2.42. The Balaban J connectivity index is 1.57. The molecule has 0 radical (unpaired) electrons. The first-order valence-corrected chi connectivity index (χ1v) is 8.73. The number of nitrogens with one attached hydrogen (secondary N) is 1. The van der Waals surface area contributed by atoms with Crippen molar-refractivity contribution in [2.24, 2.45) is 0 Å². The Hall–Kier alpha value is -0.870. The van der Waals surface area contributed by atoms with Crippen LogP contribution < -0.4 is 5.32 Å². The summed E-state index contributed by atoms with van der Waals surface area (Å²) in [7, 11) is 0. The van der Waals surface area contributed by atoms with E-state index in [1.54, 1.807) is 0 Å². The normalized spacial score (nSPS) is 33.0. The highest BCUT2D eigenvalue weighted by Gasteiger charge is 2.36. The number of piperidine rings is 2. The Kier molecular flexibility index (Phi) is 3.54. The molecule has 4 rings (SSSR count). The lowest BCUT2D eigenvalue weighted by molar-refractivity contribution is 0.150. The predicted octanol–water partition coefficient (Wildman–Crippen LogP) is 2.32. The highest BCUT2D eigenvalue weighted by molar-refractivity contribution is 5.17. The van der Waals surface area contributed by atoms with Gasteiger partial charge in [0, 0.05) is 35.9 Å². The third-order valence-corrected chi connectivity index (χ3v) is 6.18. The molecule has 0 amide bonds. The molecule has 3 aliphatic heterocycles. The van der Waals surface area contributed by atoms with Crippen molar-refractivity contribution in [3.05, 3.63) is 18.2 Å². The molecule has 1 aromatic heterocycles. The van der Waals surface area contributed by atoms with Crippen LogP contribution in [0.15, 0.2) is 12.5 Å². The minimum absolute atomic E-state index is 0.314. The average molecular weight is 288 g/mol. The first-order chi connectivity index (χ1) is 10.3. The van der Waals surface area contributed by atoms with Crippen molar-refractivity contribution in [1.29, 1.82) is 0 Å². The molecule has 0 bridgehead atoms. The van der Waals surface area contributed by atoms with Crippen LogP contribution in [0.25, 0.3) is 0 Å². The number of rotatable bonds is 2. The van der Waals surface area contributed by atoms with E-state index in [1.807, 2.05) is 0 Å². The quantitative estimate of drug-likeness (QED) is 0.906. The Morgan fingerprint density at radius 1 is 1.19 bits per heavy atom. The van der Waals surface area contributed by atoms with Crippen molar-refractivity contribution in [2.45, 2.75) is 62.9 Å². The monoisotopic (exact) mass is 288 g/mol. The van der Waals surface area contributed by atoms with E-state index in [0.29, 0.717) is 11.5 Å². The number of aromatic nitrogens is 2. The van der Waals surface area contributed by atoms with Gasteiger partial charge in [-0.3, -0.25) is 0 Å². The SMILES string of the molecule is CC1(c2cncn2C2CCN3CCCC3C2)CCNCC1. The summed E-state index contributed by atoms with van der Waals surface area (Å²) in [5.41, 5.74) is 1.80. The number of nitrogens with zero attached hydrogens (tertiary/aromatic N) is 3. The van der Waals surface area contributed by atoms with Gasteiger partial charge in [-0.15, -0.1) is 0 Å². The minimum atomic E-state index is 0.314. The van der Waals surface area contributed by atoms with Gasteiger partial charge in [-0.1, -0.05) is 6.92 Å². The summed E-state index contributed by atoms with van der Waals surface area (Å²) in [5.74, 6) is 0. The van der Waals surface area contributed by atoms with Crippen molar-refractivity contribution >= 4 is 0 Å². The molecule has 1 aromatic rings. The van der Waals surface area contributed by atoms with Gasteiger partial charge in [0.2, 0.25) is 0 Å². The molecule has 0 aromatic carbocycles. The second-order valence-corrected chi connectivity index (χ2v) is 7.51. The second-order valence-electron chi connectivity index (χ2n) is 7.51. The molecular formula is C17H28N4. The molecule has 3 saturated heterocycles. The lowest BCUT2D eigenvalue weighted by Crippen LogP contribution is -2.42. The van der Waals surface area contributed by atoms with Gasteiger partial charge in [-0.25, -0.2) is 4.98 Å². The minimum Gasteiger partial charge on any atom is -0.331 e. The zero-order valence-electron chi connectivity index (χ0n) is 13.2. The summed E-state index contributed by atoms with van der Waals surface area (Å²) in [5, 5.41) is 3.49. The summed E-state index contributed by atoms with van der Waals surface area (Å²) in [6.07, 6.45) is 12.2. The Labute approximate surface area is 127 Å². The molecule has 4 nitrogen and oxygen atoms in total. The number of hydrogen-bond donors (Lipinski definition) is 1. The maximum Gasteiger partial charge on any atom is 0.0951 e. The summed E-state index contributed by atoms with van der Waals surface area (Å²) in [6.45, 7) is 7.33. The third-order valence-electron chi connectivity index (χ3n) is 6.18. The number of hydrogen-bond acceptors (Lipinski definition) is 3. The zero-order valence-corrected chi connectivity index (χ0v) is 13.2. The zero-order chi connectivity index (χ0) is 14.3. The van der Waals surface area contributed by atoms with Gasteiger partial charge in [-0.2, -0.15) is 0 Å². The van der Waals surface area contributed by atoms with Crippen molar-refractivity contribution in [3.63, 3.8) is 0 Å². The topological polar surface area (TPSA) is 33.1 Å². The first kappa shape index (κ1) is 13.8. The van der Waals surface area contributed by atoms with Gasteiger partial charge in [0.15, 0.2) is 0 Å². The van der Waals surface area contributed by atoms with E-state index < -0.39 is 0 Å². The molecule has 0 aliphatic carbocycles. The van der Waals surface area contributed by atoms with Gasteiger partial charge in [0.25, 0.3) is 0 Å². The molecule has 2 unspecified atom stereocenters. The van der Waals surface area contributed by atoms with Crippen LogP contribution in [0.4, 0.5) is 0 Å². The highest BCUT2D eigenvalue weighted by Crippen LogP contribution is 2.38. The molecule has 3 fully saturated rings. The highest BCUT2D eigenvalue weighted by atomic mass is 15.2. The molecule has 116 valence electrons. The predicted molar refractivity (Wildman–Crippen MR) is 84.5 cm³/mol. The van der Waals surface area contributed by atoms with Crippen molar-refractivity contribution in [1.82, 2.24) is 19.8 Å². The van der Waals surface area contributed by atoms with Crippen LogP contribution in [0, 0.1) is 0 Å². The fourth-order valence-electron chi connectivity index (χ4n) is 4.75. The molecule has 4 heterocycles. The maximum absolute atomic E-state index is 4.53. The van der Waals surface area contributed by atoms with Crippen LogP contribution in [0.3, 0.4) is 0 Å². The fraction of sp³-hybridized carbons (Fsp3) is 0.824. The molecule has 0 saturated carbocycles. The Morgan fingerprint density at radius 2 is 2.05 bits per heavy atom. The first-order valence-electron chi connectivity index (χ1n) is 8.73. The number of imidazole rings is 1. The molecule has 21 heavy (non-hydrogen) atoms. The molecule has 3 aliphatic rings. The van der Waals surface area contributed by atoms with E-state index in [0.717, 1.165) is 19.1 Å².